The van der Waals surface area contributed by atoms with Crippen LogP contribution in [-0.2, 0) is 14.2 Å². The summed E-state index contributed by atoms with van der Waals surface area (Å²) in [5.74, 6) is -3.18. The number of aliphatic hydroxyl groups is 1. The molecule has 0 radical (unpaired) electrons. The van der Waals surface area contributed by atoms with Crippen molar-refractivity contribution in [2.24, 2.45) is 5.92 Å². The third-order valence-corrected chi connectivity index (χ3v) is 4.14. The Morgan fingerprint density at radius 2 is 1.83 bits per heavy atom. The fourth-order valence-corrected chi connectivity index (χ4v) is 2.61. The van der Waals surface area contributed by atoms with Gasteiger partial charge in [-0.05, 0) is 12.2 Å². The molecule has 0 spiro atoms. The van der Waals surface area contributed by atoms with E-state index in [0.717, 1.165) is 0 Å². The van der Waals surface area contributed by atoms with Crippen LogP contribution in [0.3, 0.4) is 0 Å². The number of ether oxygens (including phenoxy) is 3. The lowest BCUT2D eigenvalue weighted by atomic mass is 9.84. The summed E-state index contributed by atoms with van der Waals surface area (Å²) in [6.07, 6.45) is 6.61. The molecule has 23 heavy (non-hydrogen) atoms. The SMILES string of the molecule is COC1(OC)C=CC(C=CC(=O)c2ccccc2)C(O)(OC)C1. The summed E-state index contributed by atoms with van der Waals surface area (Å²) in [6, 6.07) is 8.94. The largest absolute Gasteiger partial charge is 0.365 e. The van der Waals surface area contributed by atoms with E-state index in [9.17, 15) is 9.90 Å². The number of ketones is 1. The smallest absolute Gasteiger partial charge is 0.192 e. The number of methoxy groups -OCH3 is 3. The van der Waals surface area contributed by atoms with E-state index < -0.39 is 17.5 Å². The van der Waals surface area contributed by atoms with Gasteiger partial charge < -0.3 is 19.3 Å². The van der Waals surface area contributed by atoms with Crippen LogP contribution in [0.1, 0.15) is 16.8 Å². The summed E-state index contributed by atoms with van der Waals surface area (Å²) in [7, 11) is 4.41. The zero-order valence-electron chi connectivity index (χ0n) is 13.6. The van der Waals surface area contributed by atoms with Crippen molar-refractivity contribution >= 4 is 5.78 Å². The maximum absolute atomic E-state index is 12.1. The molecule has 5 heteroatoms. The molecule has 0 aromatic heterocycles. The lowest BCUT2D eigenvalue weighted by Gasteiger charge is -2.42. The van der Waals surface area contributed by atoms with Crippen LogP contribution in [0.4, 0.5) is 0 Å². The van der Waals surface area contributed by atoms with E-state index in [0.29, 0.717) is 5.56 Å². The molecule has 124 valence electrons. The van der Waals surface area contributed by atoms with Gasteiger partial charge in [0.1, 0.15) is 0 Å². The van der Waals surface area contributed by atoms with Gasteiger partial charge >= 0.3 is 0 Å². The Morgan fingerprint density at radius 3 is 2.39 bits per heavy atom. The van der Waals surface area contributed by atoms with Crippen molar-refractivity contribution in [1.29, 1.82) is 0 Å². The third-order valence-electron chi connectivity index (χ3n) is 4.14. The zero-order valence-corrected chi connectivity index (χ0v) is 13.6. The molecule has 0 aliphatic heterocycles. The summed E-state index contributed by atoms with van der Waals surface area (Å²) in [5.41, 5.74) is 0.590. The predicted molar refractivity (Wildman–Crippen MR) is 85.9 cm³/mol. The van der Waals surface area contributed by atoms with Crippen molar-refractivity contribution in [3.05, 3.63) is 60.2 Å². The summed E-state index contributed by atoms with van der Waals surface area (Å²) in [6.45, 7) is 0. The third kappa shape index (κ3) is 3.76. The summed E-state index contributed by atoms with van der Waals surface area (Å²) in [5, 5.41) is 10.7. The summed E-state index contributed by atoms with van der Waals surface area (Å²) < 4.78 is 15.9. The quantitative estimate of drug-likeness (QED) is 0.377. The average Bonchev–Trinajstić information content (AvgIpc) is 2.61. The van der Waals surface area contributed by atoms with Crippen molar-refractivity contribution < 1.29 is 24.1 Å². The number of carbonyl (C=O) groups excluding carboxylic acids is 1. The van der Waals surface area contributed by atoms with E-state index in [4.69, 9.17) is 14.2 Å². The molecule has 1 aromatic carbocycles. The van der Waals surface area contributed by atoms with Crippen molar-refractivity contribution in [2.75, 3.05) is 21.3 Å². The summed E-state index contributed by atoms with van der Waals surface area (Å²) in [4.78, 5) is 12.1. The van der Waals surface area contributed by atoms with Crippen LogP contribution in [-0.4, -0.2) is 43.8 Å². The molecule has 0 fully saturated rings. The number of allylic oxidation sites excluding steroid dienone is 1. The van der Waals surface area contributed by atoms with Gasteiger partial charge in [0.05, 0.1) is 6.42 Å². The van der Waals surface area contributed by atoms with Crippen LogP contribution in [0.15, 0.2) is 54.6 Å². The topological polar surface area (TPSA) is 65.0 Å². The van der Waals surface area contributed by atoms with Gasteiger partial charge in [-0.3, -0.25) is 4.79 Å². The first-order valence-corrected chi connectivity index (χ1v) is 7.33. The van der Waals surface area contributed by atoms with Crippen LogP contribution >= 0.6 is 0 Å². The van der Waals surface area contributed by atoms with Crippen molar-refractivity contribution in [3.8, 4) is 0 Å². The van der Waals surface area contributed by atoms with Gasteiger partial charge in [0.15, 0.2) is 17.4 Å². The molecule has 5 nitrogen and oxygen atoms in total. The standard InChI is InChI=1S/C18H22O5/c1-21-17(22-2)12-11-15(18(20,13-17)23-3)9-10-16(19)14-7-5-4-6-8-14/h4-12,15,20H,13H2,1-3H3. The molecule has 0 saturated heterocycles. The van der Waals surface area contributed by atoms with Gasteiger partial charge in [0.25, 0.3) is 0 Å². The first-order chi connectivity index (χ1) is 11.0. The molecule has 1 aliphatic rings. The van der Waals surface area contributed by atoms with E-state index in [1.807, 2.05) is 6.07 Å². The number of rotatable bonds is 6. The second kappa shape index (κ2) is 7.19. The van der Waals surface area contributed by atoms with Crippen molar-refractivity contribution in [1.82, 2.24) is 0 Å². The minimum atomic E-state index is -1.52. The van der Waals surface area contributed by atoms with Gasteiger partial charge in [0, 0.05) is 32.8 Å². The average molecular weight is 318 g/mol. The molecule has 0 amide bonds. The van der Waals surface area contributed by atoms with Crippen LogP contribution in [0.25, 0.3) is 0 Å². The van der Waals surface area contributed by atoms with E-state index in [1.54, 1.807) is 42.5 Å². The number of hydrogen-bond acceptors (Lipinski definition) is 5. The molecular formula is C18H22O5. The normalized spacial score (nSPS) is 26.5. The Kier molecular flexibility index (Phi) is 5.49. The number of carbonyl (C=O) groups is 1. The maximum Gasteiger partial charge on any atom is 0.192 e. The molecule has 2 rings (SSSR count). The zero-order chi connectivity index (χ0) is 16.9. The number of hydrogen-bond donors (Lipinski definition) is 1. The highest BCUT2D eigenvalue weighted by Gasteiger charge is 2.47. The summed E-state index contributed by atoms with van der Waals surface area (Å²) >= 11 is 0. The Labute approximate surface area is 136 Å². The molecule has 1 aliphatic carbocycles. The molecular weight excluding hydrogens is 296 g/mol. The second-order valence-corrected chi connectivity index (χ2v) is 5.42. The Bertz CT molecular complexity index is 589. The highest BCUT2D eigenvalue weighted by Crippen LogP contribution is 2.38. The van der Waals surface area contributed by atoms with Crippen molar-refractivity contribution in [3.63, 3.8) is 0 Å². The van der Waals surface area contributed by atoms with Gasteiger partial charge in [-0.2, -0.15) is 0 Å². The molecule has 1 N–H and O–H groups in total. The minimum absolute atomic E-state index is 0.0918. The highest BCUT2D eigenvalue weighted by molar-refractivity contribution is 6.04. The van der Waals surface area contributed by atoms with E-state index in [1.165, 1.54) is 27.4 Å². The second-order valence-electron chi connectivity index (χ2n) is 5.42. The lowest BCUT2D eigenvalue weighted by molar-refractivity contribution is -0.280. The monoisotopic (exact) mass is 318 g/mol. The van der Waals surface area contributed by atoms with E-state index >= 15 is 0 Å². The molecule has 0 bridgehead atoms. The number of benzene rings is 1. The Hall–Kier alpha value is -1.79. The Balaban J connectivity index is 2.21. The predicted octanol–water partition coefficient (Wildman–Crippen LogP) is 2.33. The van der Waals surface area contributed by atoms with Gasteiger partial charge in [-0.25, -0.2) is 0 Å². The van der Waals surface area contributed by atoms with E-state index in [2.05, 4.69) is 0 Å². The molecule has 1 aromatic rings. The molecule has 0 saturated carbocycles. The molecule has 0 heterocycles. The van der Waals surface area contributed by atoms with Crippen LogP contribution in [0.5, 0.6) is 0 Å². The van der Waals surface area contributed by atoms with Crippen LogP contribution < -0.4 is 0 Å². The fraction of sp³-hybridized carbons (Fsp3) is 0.389. The van der Waals surface area contributed by atoms with Gasteiger partial charge in [0.2, 0.25) is 0 Å². The van der Waals surface area contributed by atoms with Gasteiger partial charge in [-0.15, -0.1) is 0 Å². The van der Waals surface area contributed by atoms with Crippen molar-refractivity contribution in [2.45, 2.75) is 18.0 Å². The van der Waals surface area contributed by atoms with Crippen LogP contribution in [0, 0.1) is 5.92 Å². The minimum Gasteiger partial charge on any atom is -0.365 e. The lowest BCUT2D eigenvalue weighted by Crippen LogP contribution is -2.50. The molecule has 2 unspecified atom stereocenters. The highest BCUT2D eigenvalue weighted by atomic mass is 16.7. The molecule has 2 atom stereocenters. The first kappa shape index (κ1) is 17.6. The Morgan fingerprint density at radius 1 is 1.17 bits per heavy atom. The van der Waals surface area contributed by atoms with Crippen LogP contribution in [0.2, 0.25) is 0 Å². The first-order valence-electron chi connectivity index (χ1n) is 7.33. The maximum atomic E-state index is 12.1. The van der Waals surface area contributed by atoms with E-state index in [-0.39, 0.29) is 12.2 Å². The fourth-order valence-electron chi connectivity index (χ4n) is 2.61. The van der Waals surface area contributed by atoms with Gasteiger partial charge in [-0.1, -0.05) is 42.5 Å².